The summed E-state index contributed by atoms with van der Waals surface area (Å²) in [5.41, 5.74) is 0.182. The highest BCUT2D eigenvalue weighted by Crippen LogP contribution is 2.43. The molecule has 0 bridgehead atoms. The van der Waals surface area contributed by atoms with Crippen molar-refractivity contribution >= 4 is 11.9 Å². The highest BCUT2D eigenvalue weighted by molar-refractivity contribution is 5.86. The summed E-state index contributed by atoms with van der Waals surface area (Å²) in [6.07, 6.45) is 2.18. The molecule has 1 N–H and O–H groups in total. The van der Waals surface area contributed by atoms with Gasteiger partial charge in [-0.1, -0.05) is 43.7 Å². The van der Waals surface area contributed by atoms with Crippen LogP contribution in [0.3, 0.4) is 0 Å². The Kier molecular flexibility index (Phi) is 4.90. The molecular weight excluding hydrogens is 306 g/mol. The molecule has 2 aliphatic rings. The van der Waals surface area contributed by atoms with Crippen LogP contribution in [0.15, 0.2) is 30.3 Å². The minimum absolute atomic E-state index is 0.0538. The van der Waals surface area contributed by atoms with Gasteiger partial charge in [-0.15, -0.1) is 0 Å². The Morgan fingerprint density at radius 3 is 2.75 bits per heavy atom. The standard InChI is InChI=1S/C19H25NO4/c1-2-6-16(14-7-4-3-5-8-14)17(21)20-11-15-12-24-10-9-19(15,13-20)18(22)23/h3-5,7-8,15-16H,2,6,9-13H2,1H3,(H,22,23)/t15-,16?,19+/m0/s1. The van der Waals surface area contributed by atoms with Gasteiger partial charge in [-0.05, 0) is 18.4 Å². The number of carboxylic acid groups (broad SMARTS) is 1. The summed E-state index contributed by atoms with van der Waals surface area (Å²) in [4.78, 5) is 26.8. The van der Waals surface area contributed by atoms with E-state index in [1.807, 2.05) is 30.3 Å². The zero-order chi connectivity index (χ0) is 17.2. The van der Waals surface area contributed by atoms with Crippen molar-refractivity contribution in [1.82, 2.24) is 4.90 Å². The summed E-state index contributed by atoms with van der Waals surface area (Å²) >= 11 is 0. The quantitative estimate of drug-likeness (QED) is 0.900. The fourth-order valence-electron chi connectivity index (χ4n) is 4.09. The van der Waals surface area contributed by atoms with Crippen LogP contribution >= 0.6 is 0 Å². The van der Waals surface area contributed by atoms with Crippen molar-refractivity contribution in [3.63, 3.8) is 0 Å². The molecule has 1 aromatic rings. The number of ether oxygens (including phenoxy) is 1. The maximum Gasteiger partial charge on any atom is 0.311 e. The average molecular weight is 331 g/mol. The summed E-state index contributed by atoms with van der Waals surface area (Å²) in [6, 6.07) is 9.80. The number of carbonyl (C=O) groups is 2. The predicted molar refractivity (Wildman–Crippen MR) is 89.7 cm³/mol. The largest absolute Gasteiger partial charge is 0.481 e. The van der Waals surface area contributed by atoms with E-state index in [0.29, 0.717) is 32.7 Å². The van der Waals surface area contributed by atoms with Crippen molar-refractivity contribution in [2.75, 3.05) is 26.3 Å². The number of nitrogens with zero attached hydrogens (tertiary/aromatic N) is 1. The molecule has 2 heterocycles. The number of hydrogen-bond donors (Lipinski definition) is 1. The lowest BCUT2D eigenvalue weighted by Crippen LogP contribution is -2.45. The number of likely N-dealkylation sites (tertiary alicyclic amines) is 1. The maximum absolute atomic E-state index is 13.1. The molecule has 0 aromatic heterocycles. The molecule has 3 atom stereocenters. The Morgan fingerprint density at radius 1 is 1.38 bits per heavy atom. The highest BCUT2D eigenvalue weighted by Gasteiger charge is 2.55. The van der Waals surface area contributed by atoms with E-state index < -0.39 is 11.4 Å². The topological polar surface area (TPSA) is 66.8 Å². The van der Waals surface area contributed by atoms with Crippen LogP contribution < -0.4 is 0 Å². The van der Waals surface area contributed by atoms with Crippen LogP contribution in [-0.2, 0) is 14.3 Å². The van der Waals surface area contributed by atoms with Gasteiger partial charge in [0.1, 0.15) is 0 Å². The SMILES string of the molecule is CCCC(C(=O)N1C[C@H]2COCC[C@@]2(C(=O)O)C1)c1ccccc1. The van der Waals surface area contributed by atoms with Gasteiger partial charge in [0.05, 0.1) is 17.9 Å². The van der Waals surface area contributed by atoms with Crippen molar-refractivity contribution in [2.45, 2.75) is 32.1 Å². The average Bonchev–Trinajstić information content (AvgIpc) is 3.01. The maximum atomic E-state index is 13.1. The van der Waals surface area contributed by atoms with Gasteiger partial charge in [0, 0.05) is 25.6 Å². The normalized spacial score (nSPS) is 27.5. The van der Waals surface area contributed by atoms with E-state index in [-0.39, 0.29) is 17.7 Å². The number of aliphatic carboxylic acids is 1. The second-order valence-electron chi connectivity index (χ2n) is 6.95. The summed E-state index contributed by atoms with van der Waals surface area (Å²) < 4.78 is 5.48. The number of amides is 1. The van der Waals surface area contributed by atoms with Crippen molar-refractivity contribution in [1.29, 1.82) is 0 Å². The Hall–Kier alpha value is -1.88. The third-order valence-electron chi connectivity index (χ3n) is 5.52. The zero-order valence-corrected chi connectivity index (χ0v) is 14.1. The summed E-state index contributed by atoms with van der Waals surface area (Å²) in [6.45, 7) is 3.75. The van der Waals surface area contributed by atoms with Crippen LogP contribution in [0.1, 0.15) is 37.7 Å². The van der Waals surface area contributed by atoms with E-state index in [0.717, 1.165) is 18.4 Å². The summed E-state index contributed by atoms with van der Waals surface area (Å²) in [5.74, 6) is -1.04. The Labute approximate surface area is 142 Å². The molecular formula is C19H25NO4. The third-order valence-corrected chi connectivity index (χ3v) is 5.52. The summed E-state index contributed by atoms with van der Waals surface area (Å²) in [7, 11) is 0. The lowest BCUT2D eigenvalue weighted by atomic mass is 9.74. The van der Waals surface area contributed by atoms with E-state index >= 15 is 0 Å². The minimum atomic E-state index is -0.832. The molecule has 0 radical (unpaired) electrons. The van der Waals surface area contributed by atoms with Gasteiger partial charge in [-0.2, -0.15) is 0 Å². The van der Waals surface area contributed by atoms with Crippen LogP contribution in [0.4, 0.5) is 0 Å². The predicted octanol–water partition coefficient (Wildman–Crippen LogP) is 2.52. The van der Waals surface area contributed by atoms with Gasteiger partial charge in [0.2, 0.25) is 5.91 Å². The van der Waals surface area contributed by atoms with Crippen molar-refractivity contribution in [2.24, 2.45) is 11.3 Å². The van der Waals surface area contributed by atoms with Crippen molar-refractivity contribution in [3.8, 4) is 0 Å². The van der Waals surface area contributed by atoms with E-state index in [1.54, 1.807) is 4.90 Å². The van der Waals surface area contributed by atoms with Crippen LogP contribution in [0.5, 0.6) is 0 Å². The Bertz CT molecular complexity index is 603. The van der Waals surface area contributed by atoms with Crippen molar-refractivity contribution < 1.29 is 19.4 Å². The van der Waals surface area contributed by atoms with Gasteiger partial charge >= 0.3 is 5.97 Å². The molecule has 5 nitrogen and oxygen atoms in total. The number of rotatable bonds is 5. The number of carbonyl (C=O) groups excluding carboxylic acids is 1. The molecule has 0 aliphatic carbocycles. The molecule has 1 amide bonds. The second kappa shape index (κ2) is 6.93. The van der Waals surface area contributed by atoms with Crippen LogP contribution in [-0.4, -0.2) is 48.2 Å². The van der Waals surface area contributed by atoms with Gasteiger partial charge in [-0.3, -0.25) is 9.59 Å². The first-order chi connectivity index (χ1) is 11.6. The van der Waals surface area contributed by atoms with E-state index in [4.69, 9.17) is 4.74 Å². The lowest BCUT2D eigenvalue weighted by molar-refractivity contribution is -0.157. The third kappa shape index (κ3) is 2.93. The molecule has 0 saturated carbocycles. The van der Waals surface area contributed by atoms with Gasteiger partial charge in [0.15, 0.2) is 0 Å². The van der Waals surface area contributed by atoms with E-state index in [1.165, 1.54) is 0 Å². The molecule has 1 aromatic carbocycles. The number of fused-ring (bicyclic) bond motifs is 1. The van der Waals surface area contributed by atoms with Crippen molar-refractivity contribution in [3.05, 3.63) is 35.9 Å². The van der Waals surface area contributed by atoms with Crippen LogP contribution in [0.25, 0.3) is 0 Å². The number of hydrogen-bond acceptors (Lipinski definition) is 3. The molecule has 0 spiro atoms. The van der Waals surface area contributed by atoms with Gasteiger partial charge in [0.25, 0.3) is 0 Å². The molecule has 130 valence electrons. The smallest absolute Gasteiger partial charge is 0.311 e. The minimum Gasteiger partial charge on any atom is -0.481 e. The highest BCUT2D eigenvalue weighted by atomic mass is 16.5. The zero-order valence-electron chi connectivity index (χ0n) is 14.1. The number of carboxylic acids is 1. The first kappa shape index (κ1) is 17.0. The lowest BCUT2D eigenvalue weighted by Gasteiger charge is -2.34. The molecule has 1 unspecified atom stereocenters. The Balaban J connectivity index is 1.83. The summed E-state index contributed by atoms with van der Waals surface area (Å²) in [5, 5.41) is 9.76. The van der Waals surface area contributed by atoms with E-state index in [9.17, 15) is 14.7 Å². The second-order valence-corrected chi connectivity index (χ2v) is 6.95. The molecule has 24 heavy (non-hydrogen) atoms. The van der Waals surface area contributed by atoms with Crippen LogP contribution in [0, 0.1) is 11.3 Å². The fourth-order valence-corrected chi connectivity index (χ4v) is 4.09. The van der Waals surface area contributed by atoms with Gasteiger partial charge in [-0.25, -0.2) is 0 Å². The Morgan fingerprint density at radius 2 is 2.12 bits per heavy atom. The number of benzene rings is 1. The van der Waals surface area contributed by atoms with E-state index in [2.05, 4.69) is 6.92 Å². The first-order valence-corrected chi connectivity index (χ1v) is 8.73. The molecule has 2 fully saturated rings. The molecule has 3 rings (SSSR count). The molecule has 5 heteroatoms. The van der Waals surface area contributed by atoms with Gasteiger partial charge < -0.3 is 14.7 Å². The molecule has 2 aliphatic heterocycles. The molecule has 2 saturated heterocycles. The first-order valence-electron chi connectivity index (χ1n) is 8.73. The van der Waals surface area contributed by atoms with Crippen LogP contribution in [0.2, 0.25) is 0 Å². The fraction of sp³-hybridized carbons (Fsp3) is 0.579. The monoisotopic (exact) mass is 331 g/mol.